The first-order chi connectivity index (χ1) is 44.7. The Morgan fingerprint density at radius 2 is 1.14 bits per heavy atom. The van der Waals surface area contributed by atoms with Crippen molar-refractivity contribution in [2.24, 2.45) is 0 Å². The van der Waals surface area contributed by atoms with Gasteiger partial charge in [0.05, 0.1) is 76.0 Å². The van der Waals surface area contributed by atoms with Crippen LogP contribution >= 0.6 is 31.9 Å². The fraction of sp³-hybridized carbons (Fsp3) is 0.159. The number of benzene rings is 7. The molecule has 0 saturated carbocycles. The number of hydrogen-bond donors (Lipinski definition) is 3. The summed E-state index contributed by atoms with van der Waals surface area (Å²) in [5.41, 5.74) is 6.47. The molecule has 1 unspecified atom stereocenters. The smallest absolute Gasteiger partial charge is 0.335 e. The van der Waals surface area contributed by atoms with E-state index in [-0.39, 0.29) is 47.6 Å². The van der Waals surface area contributed by atoms with Crippen LogP contribution in [0.25, 0.3) is 38.4 Å². The second-order valence-corrected chi connectivity index (χ2v) is 21.6. The van der Waals surface area contributed by atoms with Gasteiger partial charge in [-0.15, -0.1) is 0 Å². The molecule has 0 spiro atoms. The van der Waals surface area contributed by atoms with Crippen LogP contribution in [-0.4, -0.2) is 89.8 Å². The number of nitrogen functional groups attached to an aromatic ring is 1. The fourth-order valence-electron chi connectivity index (χ4n) is 9.47. The predicted octanol–water partition coefficient (Wildman–Crippen LogP) is 13.8. The third kappa shape index (κ3) is 16.0. The SMILES string of the molecule is C.CCCn1cc(C(=O)Nc2ccc(C(=O)c3ccnc4cc(OC)c(OC)cc34)c(F)c2)c(=O)n(-c2ccc(F)cc2)c1=O.COc1cc2nccc(Br)c2cc1OC.COc1cc2nccc(C(O)c3ccc(N)cc3F)c2cc1OC.O=Cc1ccc(Br)cc1F. The van der Waals surface area contributed by atoms with Crippen LogP contribution in [-0.2, 0) is 6.54 Å². The van der Waals surface area contributed by atoms with E-state index < -0.39 is 57.9 Å². The molecule has 0 aliphatic rings. The number of amides is 1. The van der Waals surface area contributed by atoms with E-state index in [1.54, 1.807) is 69.1 Å². The number of fused-ring (bicyclic) bond motifs is 3. The third-order valence-corrected chi connectivity index (χ3v) is 15.3. The molecule has 4 heterocycles. The van der Waals surface area contributed by atoms with Crippen LogP contribution in [0.15, 0.2) is 177 Å². The lowest BCUT2D eigenvalue weighted by molar-refractivity contribution is 0.102. The summed E-state index contributed by atoms with van der Waals surface area (Å²) in [5, 5.41) is 15.2. The number of halogens is 6. The molecule has 0 aliphatic heterocycles. The normalized spacial score (nSPS) is 10.9. The van der Waals surface area contributed by atoms with Gasteiger partial charge in [-0.2, -0.15) is 0 Å². The highest BCUT2D eigenvalue weighted by Gasteiger charge is 2.24. The lowest BCUT2D eigenvalue weighted by atomic mass is 9.97. The molecule has 19 nitrogen and oxygen atoms in total. The Hall–Kier alpha value is -10.5. The number of anilines is 2. The minimum atomic E-state index is -1.16. The molecule has 11 aromatic rings. The number of pyridine rings is 3. The van der Waals surface area contributed by atoms with E-state index in [0.717, 1.165) is 44.3 Å². The van der Waals surface area contributed by atoms with E-state index >= 15 is 4.39 Å². The number of aliphatic hydroxyl groups is 1. The number of hydrogen-bond acceptors (Lipinski definition) is 16. The molecular formula is C69H61Br2F4N7O12. The zero-order valence-corrected chi connectivity index (χ0v) is 53.8. The Balaban J connectivity index is 0.000000207. The number of aliphatic hydroxyl groups excluding tert-OH is 1. The van der Waals surface area contributed by atoms with Gasteiger partial charge in [0.1, 0.15) is 34.9 Å². The van der Waals surface area contributed by atoms with Crippen LogP contribution in [0.3, 0.4) is 0 Å². The van der Waals surface area contributed by atoms with Gasteiger partial charge in [-0.25, -0.2) is 26.9 Å². The topological polar surface area (TPSA) is 248 Å². The molecule has 94 heavy (non-hydrogen) atoms. The van der Waals surface area contributed by atoms with Gasteiger partial charge in [0.25, 0.3) is 11.5 Å². The number of aromatic nitrogens is 5. The average Bonchev–Trinajstić information content (AvgIpc) is 0.799. The van der Waals surface area contributed by atoms with Crippen molar-refractivity contribution >= 4 is 93.9 Å². The molecule has 11 rings (SSSR count). The molecule has 0 radical (unpaired) electrons. The Morgan fingerprint density at radius 3 is 1.69 bits per heavy atom. The summed E-state index contributed by atoms with van der Waals surface area (Å²) in [6.45, 7) is 2.02. The van der Waals surface area contributed by atoms with E-state index in [1.165, 1.54) is 93.8 Å². The zero-order valence-electron chi connectivity index (χ0n) is 50.6. The number of ketones is 1. The highest BCUT2D eigenvalue weighted by atomic mass is 79.9. The second kappa shape index (κ2) is 32.2. The Labute approximate surface area is 552 Å². The standard InChI is InChI=1S/C32H26F2N4O6.C18H17FN2O3.C11H10BrNO2.C7H4BrFO.CH4/c1-4-13-37-17-24(31(41)38(32(37)42)20-8-5-18(33)6-9-20)30(40)36-19-7-10-22(25(34)14-19)29(39)21-11-12-35-26-16-28(44-3)27(43-2)15-23(21)26;1-23-16-8-13-11(5-6-21-15(13)9-17(16)24-2)18(22)12-4-3-10(20)7-14(12)19;1-14-10-5-7-8(12)3-4-13-9(7)6-11(10)15-2;8-6-2-1-5(4-10)7(9)3-6;/h5-12,14-17H,4,13H2,1-3H3,(H,36,40);3-9,18,22H,20H2,1-2H3;3-6H,1-2H3;1-4H;1H4. The molecular weight excluding hydrogens is 1350 g/mol. The summed E-state index contributed by atoms with van der Waals surface area (Å²) in [4.78, 5) is 75.8. The zero-order chi connectivity index (χ0) is 67.2. The predicted molar refractivity (Wildman–Crippen MR) is 358 cm³/mol. The number of carbonyl (C=O) groups excluding carboxylic acids is 3. The maximum Gasteiger partial charge on any atom is 0.335 e. The van der Waals surface area contributed by atoms with Gasteiger partial charge < -0.3 is 44.6 Å². The summed E-state index contributed by atoms with van der Waals surface area (Å²) in [6, 6.07) is 32.1. The van der Waals surface area contributed by atoms with Gasteiger partial charge in [-0.1, -0.05) is 52.3 Å². The lowest BCUT2D eigenvalue weighted by Gasteiger charge is -2.16. The van der Waals surface area contributed by atoms with Crippen molar-refractivity contribution in [1.82, 2.24) is 24.1 Å². The van der Waals surface area contributed by atoms with Gasteiger partial charge >= 0.3 is 5.69 Å². The molecule has 0 fully saturated rings. The minimum absolute atomic E-state index is 0. The number of nitrogens with two attached hydrogens (primary N) is 1. The van der Waals surface area contributed by atoms with Gasteiger partial charge in [-0.05, 0) is 121 Å². The summed E-state index contributed by atoms with van der Waals surface area (Å²) in [7, 11) is 9.21. The molecule has 486 valence electrons. The Bertz CT molecular complexity index is 4730. The van der Waals surface area contributed by atoms with Gasteiger partial charge in [-0.3, -0.25) is 38.7 Å². The fourth-order valence-corrected chi connectivity index (χ4v) is 10.2. The van der Waals surface area contributed by atoms with Crippen LogP contribution in [0.4, 0.5) is 28.9 Å². The maximum absolute atomic E-state index is 15.3. The first kappa shape index (κ1) is 70.9. The van der Waals surface area contributed by atoms with Gasteiger partial charge in [0, 0.05) is 97.1 Å². The van der Waals surface area contributed by atoms with Crippen LogP contribution in [0.1, 0.15) is 74.6 Å². The molecule has 4 N–H and O–H groups in total. The number of nitrogens with zero attached hydrogens (tertiary/aromatic N) is 5. The highest BCUT2D eigenvalue weighted by Crippen LogP contribution is 2.38. The number of nitrogens with one attached hydrogen (secondary N) is 1. The maximum atomic E-state index is 15.3. The minimum Gasteiger partial charge on any atom is -0.493 e. The van der Waals surface area contributed by atoms with Gasteiger partial charge in [0.15, 0.2) is 46.6 Å². The monoisotopic (exact) mass is 1410 g/mol. The van der Waals surface area contributed by atoms with Crippen molar-refractivity contribution in [3.05, 3.63) is 245 Å². The number of rotatable bonds is 16. The summed E-state index contributed by atoms with van der Waals surface area (Å²) < 4.78 is 90.8. The first-order valence-electron chi connectivity index (χ1n) is 27.8. The Morgan fingerprint density at radius 1 is 0.596 bits per heavy atom. The highest BCUT2D eigenvalue weighted by molar-refractivity contribution is 9.11. The molecule has 0 aliphatic carbocycles. The molecule has 0 bridgehead atoms. The van der Waals surface area contributed by atoms with E-state index in [0.29, 0.717) is 84.7 Å². The van der Waals surface area contributed by atoms with Crippen LogP contribution in [0.5, 0.6) is 34.5 Å². The quantitative estimate of drug-likeness (QED) is 0.0352. The molecule has 1 amide bonds. The van der Waals surface area contributed by atoms with Crippen molar-refractivity contribution < 1.29 is 65.5 Å². The second-order valence-electron chi connectivity index (χ2n) is 19.8. The summed E-state index contributed by atoms with van der Waals surface area (Å²) >= 11 is 6.54. The molecule has 25 heteroatoms. The van der Waals surface area contributed by atoms with Crippen molar-refractivity contribution in [3.8, 4) is 40.2 Å². The number of aldehydes is 1. The molecule has 0 saturated heterocycles. The van der Waals surface area contributed by atoms with E-state index in [4.69, 9.17) is 34.2 Å². The average molecular weight is 1420 g/mol. The van der Waals surface area contributed by atoms with E-state index in [2.05, 4.69) is 52.1 Å². The van der Waals surface area contributed by atoms with Crippen molar-refractivity contribution in [1.29, 1.82) is 0 Å². The van der Waals surface area contributed by atoms with Crippen molar-refractivity contribution in [2.45, 2.75) is 33.4 Å². The van der Waals surface area contributed by atoms with Crippen molar-refractivity contribution in [2.75, 3.05) is 53.7 Å². The number of aryl methyl sites for hydroxylation is 1. The van der Waals surface area contributed by atoms with Crippen LogP contribution in [0.2, 0.25) is 0 Å². The molecule has 7 aromatic carbocycles. The number of carbonyl (C=O) groups is 3. The largest absolute Gasteiger partial charge is 0.493 e. The van der Waals surface area contributed by atoms with Crippen LogP contribution < -0.4 is 50.7 Å². The number of ether oxygens (including phenoxy) is 6. The van der Waals surface area contributed by atoms with Crippen molar-refractivity contribution in [3.63, 3.8) is 0 Å². The lowest BCUT2D eigenvalue weighted by Crippen LogP contribution is -2.42. The summed E-state index contributed by atoms with van der Waals surface area (Å²) in [6.07, 6.45) is 5.72. The number of methoxy groups -OCH3 is 6. The van der Waals surface area contributed by atoms with E-state index in [1.807, 2.05) is 25.1 Å². The Kier molecular flexibility index (Phi) is 24.3. The summed E-state index contributed by atoms with van der Waals surface area (Å²) in [5.74, 6) is -0.867. The van der Waals surface area contributed by atoms with Crippen LogP contribution in [0, 0.1) is 23.3 Å². The van der Waals surface area contributed by atoms with E-state index in [9.17, 15) is 42.3 Å². The molecule has 1 atom stereocenters. The third-order valence-electron chi connectivity index (χ3n) is 14.1. The first-order valence-corrected chi connectivity index (χ1v) is 29.4. The molecule has 4 aromatic heterocycles. The van der Waals surface area contributed by atoms with Gasteiger partial charge in [0.2, 0.25) is 0 Å².